The van der Waals surface area contributed by atoms with Crippen molar-refractivity contribution in [2.75, 3.05) is 0 Å². The SMILES string of the molecule is CCCCC=CCCCCCCCCCCCCCCCCCCC(=O)O. The van der Waals surface area contributed by atoms with Crippen LogP contribution < -0.4 is 0 Å². The Morgan fingerprint density at radius 1 is 0.556 bits per heavy atom. The molecule has 0 saturated heterocycles. The van der Waals surface area contributed by atoms with Gasteiger partial charge in [0.1, 0.15) is 0 Å². The van der Waals surface area contributed by atoms with Crippen LogP contribution in [-0.2, 0) is 4.79 Å². The highest BCUT2D eigenvalue weighted by Crippen LogP contribution is 2.14. The van der Waals surface area contributed by atoms with Crippen molar-refractivity contribution in [3.05, 3.63) is 12.2 Å². The summed E-state index contributed by atoms with van der Waals surface area (Å²) >= 11 is 0. The van der Waals surface area contributed by atoms with Gasteiger partial charge in [0.05, 0.1) is 0 Å². The predicted molar refractivity (Wildman–Crippen MR) is 119 cm³/mol. The standard InChI is InChI=1S/C25H48O2/c1-2-3-4-5-6-7-8-9-10-11-12-13-14-15-16-17-18-19-20-21-22-23-24-25(26)27/h5-6H,2-4,7-24H2,1H3,(H,26,27). The second kappa shape index (κ2) is 23.2. The summed E-state index contributed by atoms with van der Waals surface area (Å²) in [6.45, 7) is 2.26. The Labute approximate surface area is 170 Å². The molecule has 0 aromatic heterocycles. The summed E-state index contributed by atoms with van der Waals surface area (Å²) in [4.78, 5) is 10.4. The average molecular weight is 381 g/mol. The van der Waals surface area contributed by atoms with Crippen LogP contribution in [-0.4, -0.2) is 11.1 Å². The van der Waals surface area contributed by atoms with Gasteiger partial charge in [-0.2, -0.15) is 0 Å². The number of carbonyl (C=O) groups is 1. The van der Waals surface area contributed by atoms with Crippen LogP contribution in [0.5, 0.6) is 0 Å². The van der Waals surface area contributed by atoms with E-state index in [1.54, 1.807) is 0 Å². The predicted octanol–water partition coefficient (Wildman–Crippen LogP) is 8.84. The van der Waals surface area contributed by atoms with Crippen LogP contribution in [0.1, 0.15) is 142 Å². The number of carboxylic acid groups (broad SMARTS) is 1. The quantitative estimate of drug-likeness (QED) is 0.150. The first-order valence-corrected chi connectivity index (χ1v) is 12.1. The minimum Gasteiger partial charge on any atom is -0.481 e. The van der Waals surface area contributed by atoms with Crippen LogP contribution in [0.2, 0.25) is 0 Å². The fourth-order valence-corrected chi connectivity index (χ4v) is 3.57. The molecule has 0 aliphatic carbocycles. The van der Waals surface area contributed by atoms with Crippen molar-refractivity contribution >= 4 is 5.97 Å². The van der Waals surface area contributed by atoms with Gasteiger partial charge in [-0.15, -0.1) is 0 Å². The molecule has 27 heavy (non-hydrogen) atoms. The minimum absolute atomic E-state index is 0.344. The molecule has 2 heteroatoms. The van der Waals surface area contributed by atoms with E-state index in [0.717, 1.165) is 12.8 Å². The van der Waals surface area contributed by atoms with Gasteiger partial charge in [-0.25, -0.2) is 0 Å². The Balaban J connectivity index is 3.03. The molecule has 0 rings (SSSR count). The first kappa shape index (κ1) is 26.2. The molecule has 1 N–H and O–H groups in total. The number of unbranched alkanes of at least 4 members (excludes halogenated alkanes) is 18. The number of allylic oxidation sites excluding steroid dienone is 2. The summed E-state index contributed by atoms with van der Waals surface area (Å²) in [5, 5.41) is 8.58. The lowest BCUT2D eigenvalue weighted by Crippen LogP contribution is -1.93. The molecule has 0 heterocycles. The molecular weight excluding hydrogens is 332 g/mol. The van der Waals surface area contributed by atoms with Gasteiger partial charge in [0, 0.05) is 6.42 Å². The van der Waals surface area contributed by atoms with Crippen molar-refractivity contribution < 1.29 is 9.90 Å². The summed E-state index contributed by atoms with van der Waals surface area (Å²) < 4.78 is 0. The topological polar surface area (TPSA) is 37.3 Å². The van der Waals surface area contributed by atoms with Gasteiger partial charge >= 0.3 is 5.97 Å². The Hall–Kier alpha value is -0.790. The second-order valence-electron chi connectivity index (χ2n) is 8.20. The summed E-state index contributed by atoms with van der Waals surface area (Å²) in [7, 11) is 0. The maximum Gasteiger partial charge on any atom is 0.303 e. The lowest BCUT2D eigenvalue weighted by molar-refractivity contribution is -0.137. The van der Waals surface area contributed by atoms with Crippen molar-refractivity contribution in [3.8, 4) is 0 Å². The van der Waals surface area contributed by atoms with Crippen LogP contribution in [0.15, 0.2) is 12.2 Å². The Morgan fingerprint density at radius 2 is 0.889 bits per heavy atom. The zero-order valence-electron chi connectivity index (χ0n) is 18.4. The number of aliphatic carboxylic acids is 1. The monoisotopic (exact) mass is 380 g/mol. The molecule has 0 atom stereocenters. The molecule has 0 unspecified atom stereocenters. The molecule has 0 bridgehead atoms. The van der Waals surface area contributed by atoms with E-state index >= 15 is 0 Å². The number of carboxylic acids is 1. The van der Waals surface area contributed by atoms with Crippen molar-refractivity contribution in [1.82, 2.24) is 0 Å². The van der Waals surface area contributed by atoms with Crippen molar-refractivity contribution in [2.45, 2.75) is 142 Å². The van der Waals surface area contributed by atoms with Crippen LogP contribution in [0, 0.1) is 0 Å². The molecule has 0 aliphatic rings. The highest BCUT2D eigenvalue weighted by atomic mass is 16.4. The summed E-state index contributed by atoms with van der Waals surface area (Å²) in [5.41, 5.74) is 0. The minimum atomic E-state index is -0.652. The van der Waals surface area contributed by atoms with Gasteiger partial charge in [-0.3, -0.25) is 4.79 Å². The molecule has 0 fully saturated rings. The zero-order chi connectivity index (χ0) is 19.8. The number of rotatable bonds is 22. The molecule has 0 spiro atoms. The van der Waals surface area contributed by atoms with Crippen molar-refractivity contribution in [2.24, 2.45) is 0 Å². The molecule has 0 amide bonds. The van der Waals surface area contributed by atoms with Crippen LogP contribution in [0.25, 0.3) is 0 Å². The number of hydrogen-bond donors (Lipinski definition) is 1. The van der Waals surface area contributed by atoms with Crippen molar-refractivity contribution in [3.63, 3.8) is 0 Å². The molecule has 0 aromatic carbocycles. The van der Waals surface area contributed by atoms with Gasteiger partial charge < -0.3 is 5.11 Å². The van der Waals surface area contributed by atoms with E-state index in [4.69, 9.17) is 5.11 Å². The molecule has 2 nitrogen and oxygen atoms in total. The van der Waals surface area contributed by atoms with E-state index in [1.165, 1.54) is 116 Å². The van der Waals surface area contributed by atoms with E-state index in [2.05, 4.69) is 19.1 Å². The number of hydrogen-bond acceptors (Lipinski definition) is 1. The molecule has 0 saturated carbocycles. The molecule has 0 aliphatic heterocycles. The highest BCUT2D eigenvalue weighted by Gasteiger charge is 1.97. The van der Waals surface area contributed by atoms with Gasteiger partial charge in [0.15, 0.2) is 0 Å². The third-order valence-electron chi connectivity index (χ3n) is 5.40. The summed E-state index contributed by atoms with van der Waals surface area (Å²) in [5.74, 6) is -0.652. The zero-order valence-corrected chi connectivity index (χ0v) is 18.4. The lowest BCUT2D eigenvalue weighted by atomic mass is 10.0. The normalized spacial score (nSPS) is 11.4. The van der Waals surface area contributed by atoms with Gasteiger partial charge in [0.2, 0.25) is 0 Å². The first-order chi connectivity index (χ1) is 13.3. The van der Waals surface area contributed by atoms with Crippen LogP contribution in [0.3, 0.4) is 0 Å². The third-order valence-corrected chi connectivity index (χ3v) is 5.40. The second-order valence-corrected chi connectivity index (χ2v) is 8.20. The smallest absolute Gasteiger partial charge is 0.303 e. The van der Waals surface area contributed by atoms with Gasteiger partial charge in [0.25, 0.3) is 0 Å². The Kier molecular flexibility index (Phi) is 22.6. The largest absolute Gasteiger partial charge is 0.481 e. The van der Waals surface area contributed by atoms with E-state index in [1.807, 2.05) is 0 Å². The van der Waals surface area contributed by atoms with Crippen molar-refractivity contribution in [1.29, 1.82) is 0 Å². The summed E-state index contributed by atoms with van der Waals surface area (Å²) in [6, 6.07) is 0. The van der Waals surface area contributed by atoms with E-state index in [0.29, 0.717) is 6.42 Å². The first-order valence-electron chi connectivity index (χ1n) is 12.1. The fourth-order valence-electron chi connectivity index (χ4n) is 3.57. The molecule has 160 valence electrons. The van der Waals surface area contributed by atoms with Crippen LogP contribution >= 0.6 is 0 Å². The van der Waals surface area contributed by atoms with E-state index in [9.17, 15) is 4.79 Å². The molecule has 0 radical (unpaired) electrons. The average Bonchev–Trinajstić information content (AvgIpc) is 2.65. The van der Waals surface area contributed by atoms with E-state index < -0.39 is 5.97 Å². The Morgan fingerprint density at radius 3 is 1.26 bits per heavy atom. The maximum atomic E-state index is 10.4. The summed E-state index contributed by atoms with van der Waals surface area (Å²) in [6.07, 6.45) is 31.6. The lowest BCUT2D eigenvalue weighted by Gasteiger charge is -2.03. The van der Waals surface area contributed by atoms with Crippen LogP contribution in [0.4, 0.5) is 0 Å². The fraction of sp³-hybridized carbons (Fsp3) is 0.880. The highest BCUT2D eigenvalue weighted by molar-refractivity contribution is 5.66. The molecule has 0 aromatic rings. The van der Waals surface area contributed by atoms with Gasteiger partial charge in [-0.05, 0) is 25.7 Å². The van der Waals surface area contributed by atoms with E-state index in [-0.39, 0.29) is 0 Å². The van der Waals surface area contributed by atoms with Gasteiger partial charge in [-0.1, -0.05) is 122 Å². The Bertz CT molecular complexity index is 322. The maximum absolute atomic E-state index is 10.4. The molecular formula is C25H48O2. The third kappa shape index (κ3) is 25.2.